The molecule has 30 heavy (non-hydrogen) atoms. The van der Waals surface area contributed by atoms with Gasteiger partial charge in [-0.3, -0.25) is 4.79 Å². The van der Waals surface area contributed by atoms with Crippen LogP contribution in [0.25, 0.3) is 5.65 Å². The third-order valence-electron chi connectivity index (χ3n) is 4.13. The Morgan fingerprint density at radius 2 is 1.63 bits per heavy atom. The van der Waals surface area contributed by atoms with Crippen molar-refractivity contribution in [1.82, 2.24) is 14.6 Å². The molecule has 2 heterocycles. The third-order valence-corrected chi connectivity index (χ3v) is 4.13. The molecule has 3 aromatic rings. The van der Waals surface area contributed by atoms with Crippen molar-refractivity contribution in [2.45, 2.75) is 13.3 Å². The highest BCUT2D eigenvalue weighted by molar-refractivity contribution is 6.09. The predicted octanol–water partition coefficient (Wildman–Crippen LogP) is 2.80. The summed E-state index contributed by atoms with van der Waals surface area (Å²) < 4.78 is 36.7. The number of fused-ring (bicyclic) bond motifs is 1. The Labute approximate surface area is 168 Å². The van der Waals surface area contributed by atoms with E-state index in [0.717, 1.165) is 10.7 Å². The molecule has 0 atom stereocenters. The van der Waals surface area contributed by atoms with Crippen molar-refractivity contribution in [3.8, 4) is 0 Å². The summed E-state index contributed by atoms with van der Waals surface area (Å²) in [6.45, 7) is 1.52. The lowest BCUT2D eigenvalue weighted by Gasteiger charge is -2.09. The first-order chi connectivity index (χ1) is 14.2. The molecule has 0 aliphatic rings. The lowest BCUT2D eigenvalue weighted by molar-refractivity contribution is 0.0598. The number of anilines is 1. The maximum Gasteiger partial charge on any atom is 0.337 e. The molecule has 1 aromatic carbocycles. The van der Waals surface area contributed by atoms with Gasteiger partial charge in [-0.05, 0) is 31.2 Å². The van der Waals surface area contributed by atoms with Gasteiger partial charge in [-0.25, -0.2) is 27.9 Å². The van der Waals surface area contributed by atoms with Crippen molar-refractivity contribution < 1.29 is 32.6 Å². The van der Waals surface area contributed by atoms with E-state index in [-0.39, 0.29) is 33.7 Å². The second-order valence-electron chi connectivity index (χ2n) is 6.15. The van der Waals surface area contributed by atoms with E-state index in [0.29, 0.717) is 0 Å². The minimum absolute atomic E-state index is 0.00419. The molecule has 0 bridgehead atoms. The van der Waals surface area contributed by atoms with Crippen molar-refractivity contribution in [2.24, 2.45) is 0 Å². The van der Waals surface area contributed by atoms with Crippen molar-refractivity contribution in [3.63, 3.8) is 0 Å². The van der Waals surface area contributed by atoms with E-state index in [1.54, 1.807) is 0 Å². The van der Waals surface area contributed by atoms with E-state index >= 15 is 0 Å². The average molecular weight is 418 g/mol. The second kappa shape index (κ2) is 8.23. The summed E-state index contributed by atoms with van der Waals surface area (Å²) in [5, 5.41) is 6.33. The zero-order valence-corrected chi connectivity index (χ0v) is 16.1. The van der Waals surface area contributed by atoms with Crippen LogP contribution in [-0.2, 0) is 9.47 Å². The zero-order valence-electron chi connectivity index (χ0n) is 16.1. The fourth-order valence-corrected chi connectivity index (χ4v) is 2.80. The van der Waals surface area contributed by atoms with Crippen LogP contribution >= 0.6 is 0 Å². The number of methoxy groups -OCH3 is 2. The number of esters is 2. The van der Waals surface area contributed by atoms with Crippen molar-refractivity contribution >= 4 is 29.2 Å². The molecule has 0 aliphatic carbocycles. The van der Waals surface area contributed by atoms with Crippen molar-refractivity contribution in [3.05, 3.63) is 58.5 Å². The van der Waals surface area contributed by atoms with E-state index < -0.39 is 30.0 Å². The smallest absolute Gasteiger partial charge is 0.337 e. The van der Waals surface area contributed by atoms with E-state index in [1.165, 1.54) is 45.4 Å². The molecule has 0 saturated carbocycles. The summed E-state index contributed by atoms with van der Waals surface area (Å²) in [6, 6.07) is 5.02. The van der Waals surface area contributed by atoms with Gasteiger partial charge >= 0.3 is 11.9 Å². The molecule has 0 aliphatic heterocycles. The Kier molecular flexibility index (Phi) is 5.72. The Morgan fingerprint density at radius 1 is 1.03 bits per heavy atom. The van der Waals surface area contributed by atoms with Crippen LogP contribution < -0.4 is 5.32 Å². The second-order valence-corrected chi connectivity index (χ2v) is 6.15. The average Bonchev–Trinajstić information content (AvgIpc) is 3.15. The fourth-order valence-electron chi connectivity index (χ4n) is 2.80. The Bertz CT molecular complexity index is 1130. The number of carbonyl (C=O) groups is 3. The quantitative estimate of drug-likeness (QED) is 0.634. The first-order valence-electron chi connectivity index (χ1n) is 8.51. The van der Waals surface area contributed by atoms with Gasteiger partial charge in [0.05, 0.1) is 31.5 Å². The number of benzene rings is 1. The van der Waals surface area contributed by atoms with Crippen molar-refractivity contribution in [1.29, 1.82) is 0 Å². The standard InChI is InChI=1S/C19H16F2N4O5/c1-9-4-14(15(20)21)25-16(23-9)13(8-22-25)17(26)24-12-6-10(18(27)29-2)5-11(7-12)19(28)30-3/h4-8,15H,1-3H3,(H,24,26). The molecule has 0 unspecified atom stereocenters. The molecule has 0 fully saturated rings. The third kappa shape index (κ3) is 3.95. The molecule has 1 N–H and O–H groups in total. The molecule has 2 aromatic heterocycles. The Morgan fingerprint density at radius 3 is 2.17 bits per heavy atom. The number of nitrogens with zero attached hydrogens (tertiary/aromatic N) is 3. The lowest BCUT2D eigenvalue weighted by Crippen LogP contribution is -2.15. The number of hydrogen-bond donors (Lipinski definition) is 1. The maximum atomic E-state index is 13.3. The topological polar surface area (TPSA) is 112 Å². The number of ether oxygens (including phenoxy) is 2. The highest BCUT2D eigenvalue weighted by atomic mass is 19.3. The molecular weight excluding hydrogens is 402 g/mol. The van der Waals surface area contributed by atoms with Crippen LogP contribution in [0.4, 0.5) is 14.5 Å². The number of alkyl halides is 2. The zero-order chi connectivity index (χ0) is 22.0. The molecule has 9 nitrogen and oxygen atoms in total. The molecule has 11 heteroatoms. The number of aromatic nitrogens is 3. The minimum atomic E-state index is -2.82. The summed E-state index contributed by atoms with van der Waals surface area (Å²) >= 11 is 0. The number of rotatable bonds is 5. The van der Waals surface area contributed by atoms with Gasteiger partial charge < -0.3 is 14.8 Å². The van der Waals surface area contributed by atoms with Gasteiger partial charge in [0, 0.05) is 11.4 Å². The Hall–Kier alpha value is -3.89. The molecular formula is C19H16F2N4O5. The van der Waals surface area contributed by atoms with E-state index in [2.05, 4.69) is 24.9 Å². The predicted molar refractivity (Wildman–Crippen MR) is 99.8 cm³/mol. The van der Waals surface area contributed by atoms with Crippen molar-refractivity contribution in [2.75, 3.05) is 19.5 Å². The summed E-state index contributed by atoms with van der Waals surface area (Å²) in [6.07, 6.45) is -1.71. The van der Waals surface area contributed by atoms with Crippen LogP contribution in [0.3, 0.4) is 0 Å². The van der Waals surface area contributed by atoms with E-state index in [1.807, 2.05) is 0 Å². The molecule has 156 valence electrons. The van der Waals surface area contributed by atoms with Crippen LogP contribution in [0.2, 0.25) is 0 Å². The molecule has 0 radical (unpaired) electrons. The van der Waals surface area contributed by atoms with Gasteiger partial charge in [0.1, 0.15) is 11.3 Å². The monoisotopic (exact) mass is 418 g/mol. The van der Waals surface area contributed by atoms with Crippen LogP contribution in [0.5, 0.6) is 0 Å². The summed E-state index contributed by atoms with van der Waals surface area (Å²) in [5.41, 5.74) is -0.146. The molecule has 0 saturated heterocycles. The maximum absolute atomic E-state index is 13.3. The van der Waals surface area contributed by atoms with Gasteiger partial charge in [-0.15, -0.1) is 0 Å². The number of halogens is 2. The highest BCUT2D eigenvalue weighted by Crippen LogP contribution is 2.23. The highest BCUT2D eigenvalue weighted by Gasteiger charge is 2.21. The van der Waals surface area contributed by atoms with Crippen LogP contribution in [0.15, 0.2) is 30.5 Å². The van der Waals surface area contributed by atoms with Gasteiger partial charge in [-0.1, -0.05) is 0 Å². The van der Waals surface area contributed by atoms with Gasteiger partial charge in [0.15, 0.2) is 5.65 Å². The fraction of sp³-hybridized carbons (Fsp3) is 0.211. The van der Waals surface area contributed by atoms with Crippen LogP contribution in [-0.4, -0.2) is 46.7 Å². The van der Waals surface area contributed by atoms with E-state index in [9.17, 15) is 23.2 Å². The number of hydrogen-bond acceptors (Lipinski definition) is 7. The van der Waals surface area contributed by atoms with Gasteiger partial charge in [-0.2, -0.15) is 5.10 Å². The van der Waals surface area contributed by atoms with Crippen LogP contribution in [0.1, 0.15) is 48.9 Å². The van der Waals surface area contributed by atoms with Crippen LogP contribution in [0, 0.1) is 6.92 Å². The number of aryl methyl sites for hydroxylation is 1. The van der Waals surface area contributed by atoms with Gasteiger partial charge in [0.25, 0.3) is 12.3 Å². The van der Waals surface area contributed by atoms with E-state index in [4.69, 9.17) is 0 Å². The number of nitrogens with one attached hydrogen (secondary N) is 1. The summed E-state index contributed by atoms with van der Waals surface area (Å²) in [7, 11) is 2.33. The molecule has 3 rings (SSSR count). The number of amides is 1. The first-order valence-corrected chi connectivity index (χ1v) is 8.51. The summed E-state index contributed by atoms with van der Waals surface area (Å²) in [4.78, 5) is 40.6. The first kappa shape index (κ1) is 20.8. The molecule has 0 spiro atoms. The normalized spacial score (nSPS) is 10.9. The molecule has 1 amide bonds. The lowest BCUT2D eigenvalue weighted by atomic mass is 10.1. The largest absolute Gasteiger partial charge is 0.465 e. The van der Waals surface area contributed by atoms with Gasteiger partial charge in [0.2, 0.25) is 0 Å². The Balaban J connectivity index is 2.02. The number of carbonyl (C=O) groups excluding carboxylic acids is 3. The minimum Gasteiger partial charge on any atom is -0.465 e. The summed E-state index contributed by atoms with van der Waals surface area (Å²) in [5.74, 6) is -2.18. The SMILES string of the molecule is COC(=O)c1cc(NC(=O)c2cnn3c(C(F)F)cc(C)nc23)cc(C(=O)OC)c1.